The van der Waals surface area contributed by atoms with Gasteiger partial charge in [-0.05, 0) is 43.7 Å². The molecule has 1 aliphatic heterocycles. The van der Waals surface area contributed by atoms with Gasteiger partial charge in [0.05, 0.1) is 0 Å². The third-order valence-electron chi connectivity index (χ3n) is 4.85. The van der Waals surface area contributed by atoms with Gasteiger partial charge in [-0.15, -0.1) is 11.3 Å². The van der Waals surface area contributed by atoms with Gasteiger partial charge in [0.25, 0.3) is 0 Å². The Bertz CT molecular complexity index is 452. The van der Waals surface area contributed by atoms with Crippen LogP contribution in [0.25, 0.3) is 0 Å². The molecule has 0 spiro atoms. The fourth-order valence-corrected chi connectivity index (χ4v) is 4.40. The maximum absolute atomic E-state index is 3.53. The average Bonchev–Trinajstić information content (AvgIpc) is 2.74. The van der Waals surface area contributed by atoms with Crippen molar-refractivity contribution in [3.8, 4) is 0 Å². The van der Waals surface area contributed by atoms with Gasteiger partial charge in [0.15, 0.2) is 0 Å². The molecule has 3 unspecified atom stereocenters. The van der Waals surface area contributed by atoms with E-state index in [0.29, 0.717) is 12.1 Å². The van der Waals surface area contributed by atoms with Crippen molar-refractivity contribution in [2.45, 2.75) is 73.1 Å². The second-order valence-corrected chi connectivity index (χ2v) is 8.66. The molecule has 1 aromatic heterocycles. The Kier molecular flexibility index (Phi) is 5.87. The number of aryl methyl sites for hydroxylation is 1. The first kappa shape index (κ1) is 17.0. The lowest BCUT2D eigenvalue weighted by Gasteiger charge is -2.41. The number of piperidine rings is 1. The lowest BCUT2D eigenvalue weighted by atomic mass is 9.86. The topological polar surface area (TPSA) is 15.3 Å². The first-order chi connectivity index (χ1) is 9.86. The van der Waals surface area contributed by atoms with E-state index >= 15 is 0 Å². The Morgan fingerprint density at radius 3 is 2.71 bits per heavy atom. The minimum Gasteiger partial charge on any atom is -0.310 e. The third-order valence-corrected chi connectivity index (χ3v) is 5.94. The summed E-state index contributed by atoms with van der Waals surface area (Å²) in [6.45, 7) is 17.3. The number of nitrogens with zero attached hydrogens (tertiary/aromatic N) is 1. The van der Waals surface area contributed by atoms with Crippen molar-refractivity contribution in [1.29, 1.82) is 0 Å². The van der Waals surface area contributed by atoms with Gasteiger partial charge in [-0.2, -0.15) is 0 Å². The number of likely N-dealkylation sites (tertiary alicyclic amines) is 1. The molecule has 1 N–H and O–H groups in total. The number of hydrogen-bond donors (Lipinski definition) is 1. The zero-order valence-electron chi connectivity index (χ0n) is 14.6. The highest BCUT2D eigenvalue weighted by Gasteiger charge is 2.29. The summed E-state index contributed by atoms with van der Waals surface area (Å²) < 4.78 is 0. The van der Waals surface area contributed by atoms with Gasteiger partial charge in [-0.3, -0.25) is 4.90 Å². The van der Waals surface area contributed by atoms with Crippen molar-refractivity contribution in [3.05, 3.63) is 21.4 Å². The van der Waals surface area contributed by atoms with Gasteiger partial charge in [0.1, 0.15) is 0 Å². The molecular weight excluding hydrogens is 276 g/mol. The van der Waals surface area contributed by atoms with Gasteiger partial charge in [0, 0.05) is 41.5 Å². The predicted molar refractivity (Wildman–Crippen MR) is 93.8 cm³/mol. The van der Waals surface area contributed by atoms with Crippen LogP contribution in [0.5, 0.6) is 0 Å². The summed E-state index contributed by atoms with van der Waals surface area (Å²) in [7, 11) is 0. The van der Waals surface area contributed by atoms with Crippen LogP contribution >= 0.6 is 11.3 Å². The summed E-state index contributed by atoms with van der Waals surface area (Å²) in [6, 6.07) is 3.68. The van der Waals surface area contributed by atoms with Crippen molar-refractivity contribution in [1.82, 2.24) is 10.2 Å². The molecule has 0 amide bonds. The first-order valence-electron chi connectivity index (χ1n) is 8.42. The monoisotopic (exact) mass is 308 g/mol. The molecule has 0 saturated carbocycles. The molecule has 0 aliphatic carbocycles. The lowest BCUT2D eigenvalue weighted by Crippen LogP contribution is -2.45. The highest BCUT2D eigenvalue weighted by molar-refractivity contribution is 7.12. The van der Waals surface area contributed by atoms with Crippen LogP contribution in [0, 0.1) is 18.8 Å². The van der Waals surface area contributed by atoms with Crippen molar-refractivity contribution < 1.29 is 0 Å². The zero-order chi connectivity index (χ0) is 15.6. The summed E-state index contributed by atoms with van der Waals surface area (Å²) in [5.41, 5.74) is 1.54. The molecule has 0 radical (unpaired) electrons. The van der Waals surface area contributed by atoms with Crippen LogP contribution in [0.4, 0.5) is 0 Å². The quantitative estimate of drug-likeness (QED) is 0.866. The smallest absolute Gasteiger partial charge is 0.0302 e. The lowest BCUT2D eigenvalue weighted by molar-refractivity contribution is 0.0729. The zero-order valence-corrected chi connectivity index (χ0v) is 15.4. The van der Waals surface area contributed by atoms with Crippen LogP contribution < -0.4 is 5.32 Å². The van der Waals surface area contributed by atoms with Crippen molar-refractivity contribution in [2.75, 3.05) is 6.54 Å². The molecule has 0 aromatic carbocycles. The largest absolute Gasteiger partial charge is 0.310 e. The summed E-state index contributed by atoms with van der Waals surface area (Å²) in [4.78, 5) is 5.66. The molecule has 0 bridgehead atoms. The number of thiophene rings is 1. The van der Waals surface area contributed by atoms with Crippen LogP contribution in [0.3, 0.4) is 0 Å². The Morgan fingerprint density at radius 2 is 2.05 bits per heavy atom. The molecule has 1 saturated heterocycles. The van der Waals surface area contributed by atoms with Crippen molar-refractivity contribution in [3.63, 3.8) is 0 Å². The van der Waals surface area contributed by atoms with Crippen LogP contribution in [-0.2, 0) is 13.1 Å². The first-order valence-corrected chi connectivity index (χ1v) is 9.24. The average molecular weight is 309 g/mol. The van der Waals surface area contributed by atoms with E-state index in [1.807, 2.05) is 11.3 Å². The van der Waals surface area contributed by atoms with Crippen LogP contribution in [-0.4, -0.2) is 23.5 Å². The van der Waals surface area contributed by atoms with E-state index < -0.39 is 0 Å². The number of hydrogen-bond acceptors (Lipinski definition) is 3. The maximum Gasteiger partial charge on any atom is 0.0302 e. The second kappa shape index (κ2) is 7.26. The molecule has 2 nitrogen and oxygen atoms in total. The van der Waals surface area contributed by atoms with E-state index in [1.54, 1.807) is 0 Å². The van der Waals surface area contributed by atoms with E-state index in [2.05, 4.69) is 57.8 Å². The fraction of sp³-hybridized carbons (Fsp3) is 0.778. The Balaban J connectivity index is 2.01. The molecular formula is C18H32N2S. The van der Waals surface area contributed by atoms with Gasteiger partial charge < -0.3 is 5.32 Å². The van der Waals surface area contributed by atoms with Crippen LogP contribution in [0.2, 0.25) is 0 Å². The van der Waals surface area contributed by atoms with Crippen molar-refractivity contribution >= 4 is 11.3 Å². The highest BCUT2D eigenvalue weighted by Crippen LogP contribution is 2.30. The van der Waals surface area contributed by atoms with E-state index in [9.17, 15) is 0 Å². The van der Waals surface area contributed by atoms with Crippen LogP contribution in [0.1, 0.15) is 56.4 Å². The van der Waals surface area contributed by atoms with Gasteiger partial charge in [-0.25, -0.2) is 0 Å². The molecule has 3 heteroatoms. The Morgan fingerprint density at radius 1 is 1.33 bits per heavy atom. The van der Waals surface area contributed by atoms with E-state index in [4.69, 9.17) is 0 Å². The van der Waals surface area contributed by atoms with E-state index in [0.717, 1.165) is 24.9 Å². The summed E-state index contributed by atoms with van der Waals surface area (Å²) in [5.74, 6) is 1.65. The molecule has 1 aliphatic rings. The normalized spacial score (nSPS) is 27.5. The minimum absolute atomic E-state index is 0.555. The van der Waals surface area contributed by atoms with Crippen LogP contribution in [0.15, 0.2) is 6.07 Å². The second-order valence-electron chi connectivity index (χ2n) is 7.32. The summed E-state index contributed by atoms with van der Waals surface area (Å²) >= 11 is 1.96. The van der Waals surface area contributed by atoms with E-state index in [-0.39, 0.29) is 0 Å². The maximum atomic E-state index is 3.53. The molecule has 3 atom stereocenters. The molecule has 120 valence electrons. The molecule has 21 heavy (non-hydrogen) atoms. The standard InChI is InChI=1S/C18H32N2S/c1-12(2)19-9-18-8-17(16(6)21-18)11-20-10-13(3)7-14(4)15(20)5/h8,12-15,19H,7,9-11H2,1-6H3. The predicted octanol–water partition coefficient (Wildman–Crippen LogP) is 4.42. The number of nitrogens with one attached hydrogen (secondary N) is 1. The van der Waals surface area contributed by atoms with Gasteiger partial charge >= 0.3 is 0 Å². The third kappa shape index (κ3) is 4.54. The molecule has 2 rings (SSSR count). The molecule has 2 heterocycles. The Hall–Kier alpha value is -0.380. The summed E-state index contributed by atoms with van der Waals surface area (Å²) in [6.07, 6.45) is 1.38. The van der Waals surface area contributed by atoms with Crippen molar-refractivity contribution in [2.24, 2.45) is 11.8 Å². The Labute approximate surface area is 134 Å². The SMILES string of the molecule is Cc1sc(CNC(C)C)cc1CN1CC(C)CC(C)C1C. The highest BCUT2D eigenvalue weighted by atomic mass is 32.1. The molecule has 1 fully saturated rings. The number of rotatable bonds is 5. The minimum atomic E-state index is 0.555. The molecule has 1 aromatic rings. The van der Waals surface area contributed by atoms with Gasteiger partial charge in [0.2, 0.25) is 0 Å². The fourth-order valence-electron chi connectivity index (χ4n) is 3.40. The van der Waals surface area contributed by atoms with Gasteiger partial charge in [-0.1, -0.05) is 27.7 Å². The summed E-state index contributed by atoms with van der Waals surface area (Å²) in [5, 5.41) is 3.53. The van der Waals surface area contributed by atoms with E-state index in [1.165, 1.54) is 28.3 Å².